The van der Waals surface area contributed by atoms with Gasteiger partial charge in [-0.25, -0.2) is 0 Å². The van der Waals surface area contributed by atoms with E-state index in [9.17, 15) is 9.59 Å². The van der Waals surface area contributed by atoms with Gasteiger partial charge in [-0.2, -0.15) is 5.10 Å². The van der Waals surface area contributed by atoms with Crippen LogP contribution in [0.2, 0.25) is 0 Å². The molecule has 2 amide bonds. The van der Waals surface area contributed by atoms with Crippen LogP contribution in [0.25, 0.3) is 0 Å². The number of amides is 2. The first-order valence-corrected chi connectivity index (χ1v) is 9.57. The van der Waals surface area contributed by atoms with Crippen LogP contribution in [-0.4, -0.2) is 51.0 Å². The van der Waals surface area contributed by atoms with E-state index in [0.717, 1.165) is 30.7 Å². The number of pyridine rings is 1. The third kappa shape index (κ3) is 3.34. The van der Waals surface area contributed by atoms with Crippen LogP contribution in [0.1, 0.15) is 60.9 Å². The Kier molecular flexibility index (Phi) is 4.45. The van der Waals surface area contributed by atoms with Crippen molar-refractivity contribution in [1.29, 1.82) is 0 Å². The Hall–Kier alpha value is -2.70. The van der Waals surface area contributed by atoms with Crippen molar-refractivity contribution in [2.45, 2.75) is 50.5 Å². The molecule has 2 aromatic heterocycles. The summed E-state index contributed by atoms with van der Waals surface area (Å²) in [5, 5.41) is 10.2. The number of nitrogens with one attached hydrogen (secondary N) is 2. The number of aromatic nitrogens is 3. The van der Waals surface area contributed by atoms with Gasteiger partial charge in [-0.05, 0) is 43.4 Å². The van der Waals surface area contributed by atoms with E-state index in [0.29, 0.717) is 24.7 Å². The van der Waals surface area contributed by atoms with Gasteiger partial charge in [0.15, 0.2) is 0 Å². The maximum Gasteiger partial charge on any atom is 0.274 e. The van der Waals surface area contributed by atoms with E-state index in [1.165, 1.54) is 0 Å². The molecule has 0 aromatic carbocycles. The van der Waals surface area contributed by atoms with Crippen molar-refractivity contribution in [2.24, 2.45) is 0 Å². The zero-order valence-electron chi connectivity index (χ0n) is 15.7. The topological polar surface area (TPSA) is 91.0 Å². The van der Waals surface area contributed by atoms with Crippen LogP contribution in [0.3, 0.4) is 0 Å². The predicted octanol–water partition coefficient (Wildman–Crippen LogP) is 1.99. The maximum atomic E-state index is 12.8. The Labute approximate surface area is 158 Å². The first-order valence-electron chi connectivity index (χ1n) is 9.57. The Morgan fingerprint density at radius 2 is 2.15 bits per heavy atom. The Balaban J connectivity index is 1.37. The van der Waals surface area contributed by atoms with Gasteiger partial charge in [0, 0.05) is 31.0 Å². The highest BCUT2D eigenvalue weighted by atomic mass is 16.2. The van der Waals surface area contributed by atoms with Gasteiger partial charge < -0.3 is 10.2 Å². The molecule has 0 radical (unpaired) electrons. The molecule has 1 aliphatic heterocycles. The summed E-state index contributed by atoms with van der Waals surface area (Å²) < 4.78 is 0. The van der Waals surface area contributed by atoms with Crippen LogP contribution < -0.4 is 5.32 Å². The molecule has 3 heterocycles. The number of H-pyrrole nitrogens is 1. The molecule has 0 unspecified atom stereocenters. The first-order chi connectivity index (χ1) is 13.0. The third-order valence-corrected chi connectivity index (χ3v) is 5.59. The molecule has 1 saturated heterocycles. The summed E-state index contributed by atoms with van der Waals surface area (Å²) in [6.45, 7) is 5.26. The number of aromatic amines is 1. The summed E-state index contributed by atoms with van der Waals surface area (Å²) in [6, 6.07) is 7.49. The predicted molar refractivity (Wildman–Crippen MR) is 100 cm³/mol. The lowest BCUT2D eigenvalue weighted by Gasteiger charge is -2.19. The second kappa shape index (κ2) is 6.79. The highest BCUT2D eigenvalue weighted by molar-refractivity contribution is 5.93. The number of likely N-dealkylation sites (tertiary alicyclic amines) is 1. The van der Waals surface area contributed by atoms with Crippen molar-refractivity contribution in [3.8, 4) is 0 Å². The van der Waals surface area contributed by atoms with E-state index in [1.807, 2.05) is 24.3 Å². The number of hydrogen-bond donors (Lipinski definition) is 2. The van der Waals surface area contributed by atoms with Gasteiger partial charge in [-0.15, -0.1) is 0 Å². The van der Waals surface area contributed by atoms with Crippen molar-refractivity contribution in [3.05, 3.63) is 47.5 Å². The Morgan fingerprint density at radius 3 is 2.78 bits per heavy atom. The summed E-state index contributed by atoms with van der Waals surface area (Å²) in [4.78, 5) is 31.6. The lowest BCUT2D eigenvalue weighted by atomic mass is 10.00. The molecule has 27 heavy (non-hydrogen) atoms. The normalized spacial score (nSPS) is 20.7. The molecule has 2 N–H and O–H groups in total. The highest BCUT2D eigenvalue weighted by Gasteiger charge is 2.53. The van der Waals surface area contributed by atoms with Crippen LogP contribution in [0, 0.1) is 0 Å². The van der Waals surface area contributed by atoms with Gasteiger partial charge in [0.2, 0.25) is 5.91 Å². The summed E-state index contributed by atoms with van der Waals surface area (Å²) in [5.41, 5.74) is 1.75. The van der Waals surface area contributed by atoms with Crippen molar-refractivity contribution in [3.63, 3.8) is 0 Å². The molecule has 1 atom stereocenters. The van der Waals surface area contributed by atoms with E-state index in [1.54, 1.807) is 11.1 Å². The number of rotatable bonds is 5. The van der Waals surface area contributed by atoms with Crippen molar-refractivity contribution in [2.75, 3.05) is 13.1 Å². The summed E-state index contributed by atoms with van der Waals surface area (Å²) >= 11 is 0. The summed E-state index contributed by atoms with van der Waals surface area (Å²) in [7, 11) is 0. The van der Waals surface area contributed by atoms with Crippen LogP contribution in [0.4, 0.5) is 0 Å². The SMILES string of the molecule is CC(C)c1cc(C(=O)N2CC[C@@H](NC(=O)C3(c4ccccn4)CC3)C2)n[nH]1. The molecule has 142 valence electrons. The van der Waals surface area contributed by atoms with Gasteiger partial charge in [-0.3, -0.25) is 19.7 Å². The van der Waals surface area contributed by atoms with E-state index < -0.39 is 5.41 Å². The van der Waals surface area contributed by atoms with Crippen LogP contribution >= 0.6 is 0 Å². The molecule has 1 saturated carbocycles. The van der Waals surface area contributed by atoms with Crippen molar-refractivity contribution in [1.82, 2.24) is 25.4 Å². The van der Waals surface area contributed by atoms with Gasteiger partial charge in [0.1, 0.15) is 5.69 Å². The molecule has 2 aromatic rings. The fraction of sp³-hybridized carbons (Fsp3) is 0.500. The quantitative estimate of drug-likeness (QED) is 0.845. The highest BCUT2D eigenvalue weighted by Crippen LogP contribution is 2.47. The first kappa shape index (κ1) is 17.7. The molecular formula is C20H25N5O2. The minimum atomic E-state index is -0.479. The van der Waals surface area contributed by atoms with Crippen LogP contribution in [0.15, 0.2) is 30.5 Å². The van der Waals surface area contributed by atoms with Crippen LogP contribution in [-0.2, 0) is 10.2 Å². The molecule has 2 aliphatic rings. The average Bonchev–Trinajstić information content (AvgIpc) is 3.11. The molecule has 7 nitrogen and oxygen atoms in total. The molecule has 7 heteroatoms. The minimum Gasteiger partial charge on any atom is -0.351 e. The lowest BCUT2D eigenvalue weighted by Crippen LogP contribution is -2.43. The monoisotopic (exact) mass is 367 g/mol. The number of carbonyl (C=O) groups excluding carboxylic acids is 2. The second-order valence-corrected chi connectivity index (χ2v) is 7.87. The van der Waals surface area contributed by atoms with Gasteiger partial charge >= 0.3 is 0 Å². The number of carbonyl (C=O) groups is 2. The zero-order chi connectivity index (χ0) is 19.0. The Bertz CT molecular complexity index is 841. The fourth-order valence-electron chi connectivity index (χ4n) is 3.66. The molecule has 0 bridgehead atoms. The summed E-state index contributed by atoms with van der Waals surface area (Å²) in [5.74, 6) is 0.245. The Morgan fingerprint density at radius 1 is 1.33 bits per heavy atom. The van der Waals surface area contributed by atoms with E-state index >= 15 is 0 Å². The largest absolute Gasteiger partial charge is 0.351 e. The van der Waals surface area contributed by atoms with Crippen molar-refractivity contribution < 1.29 is 9.59 Å². The van der Waals surface area contributed by atoms with Crippen molar-refractivity contribution >= 4 is 11.8 Å². The van der Waals surface area contributed by atoms with Gasteiger partial charge in [-0.1, -0.05) is 19.9 Å². The van der Waals surface area contributed by atoms with E-state index in [-0.39, 0.29) is 17.9 Å². The van der Waals surface area contributed by atoms with E-state index in [4.69, 9.17) is 0 Å². The average molecular weight is 367 g/mol. The molecule has 1 aliphatic carbocycles. The minimum absolute atomic E-state index is 0.0221. The standard InChI is InChI=1S/C20H25N5O2/c1-13(2)15-11-16(24-23-15)18(26)25-10-6-14(12-25)22-19(27)20(7-8-20)17-5-3-4-9-21-17/h3-5,9,11,13-14H,6-8,10,12H2,1-2H3,(H,22,27)(H,23,24)/t14-/m1/s1. The molecular weight excluding hydrogens is 342 g/mol. The lowest BCUT2D eigenvalue weighted by molar-refractivity contribution is -0.124. The number of nitrogens with zero attached hydrogens (tertiary/aromatic N) is 3. The van der Waals surface area contributed by atoms with E-state index in [2.05, 4.69) is 34.3 Å². The molecule has 0 spiro atoms. The second-order valence-electron chi connectivity index (χ2n) is 7.87. The fourth-order valence-corrected chi connectivity index (χ4v) is 3.66. The third-order valence-electron chi connectivity index (χ3n) is 5.59. The summed E-state index contributed by atoms with van der Waals surface area (Å²) in [6.07, 6.45) is 4.15. The number of hydrogen-bond acceptors (Lipinski definition) is 4. The van der Waals surface area contributed by atoms with Gasteiger partial charge in [0.25, 0.3) is 5.91 Å². The molecule has 4 rings (SSSR count). The maximum absolute atomic E-state index is 12.8. The zero-order valence-corrected chi connectivity index (χ0v) is 15.7. The van der Waals surface area contributed by atoms with Crippen LogP contribution in [0.5, 0.6) is 0 Å². The smallest absolute Gasteiger partial charge is 0.274 e. The molecule has 2 fully saturated rings. The van der Waals surface area contributed by atoms with Gasteiger partial charge in [0.05, 0.1) is 11.1 Å².